The molecule has 35 heavy (non-hydrogen) atoms. The maximum Gasteiger partial charge on any atom is 0.251 e. The predicted molar refractivity (Wildman–Crippen MR) is 137 cm³/mol. The summed E-state index contributed by atoms with van der Waals surface area (Å²) < 4.78 is 28.6. The smallest absolute Gasteiger partial charge is 0.251 e. The number of nitrogens with one attached hydrogen (secondary N) is 2. The van der Waals surface area contributed by atoms with Gasteiger partial charge in [-0.3, -0.25) is 4.79 Å². The van der Waals surface area contributed by atoms with E-state index < -0.39 is 23.8 Å². The number of aliphatic hydroxyl groups is 1. The fraction of sp³-hybridized carbons (Fsp3) is 0.250. The van der Waals surface area contributed by atoms with Crippen LogP contribution in [0.3, 0.4) is 0 Å². The topological polar surface area (TPSA) is 61.4 Å². The zero-order valence-corrected chi connectivity index (χ0v) is 20.2. The van der Waals surface area contributed by atoms with E-state index in [1.54, 1.807) is 23.5 Å². The molecule has 2 atom stereocenters. The minimum absolute atomic E-state index is 0.0787. The summed E-state index contributed by atoms with van der Waals surface area (Å²) in [5, 5.41) is 20.0. The molecular formula is C28H28F2N2O2S. The van der Waals surface area contributed by atoms with Crippen LogP contribution in [0, 0.1) is 11.6 Å². The van der Waals surface area contributed by atoms with Crippen LogP contribution < -0.4 is 10.6 Å². The average molecular weight is 495 g/mol. The Labute approximate surface area is 207 Å². The Hall–Kier alpha value is -3.13. The standard InChI is InChI=1S/C28H28F2N2O2S/c1-2-18-4-3-5-19(10-18)16-31-17-26(33)25(13-20-11-23(29)15-24(30)12-20)32-28(34)22-6-7-27-21(14-22)8-9-35-27/h3-12,14-15,25-26,31,33H,2,13,16-17H2,1H3,(H,32,34)/t25-,26+/m0/s1. The number of thiophene rings is 1. The van der Waals surface area contributed by atoms with Gasteiger partial charge in [0, 0.05) is 29.4 Å². The minimum atomic E-state index is -0.982. The van der Waals surface area contributed by atoms with E-state index in [-0.39, 0.29) is 18.9 Å². The quantitative estimate of drug-likeness (QED) is 0.283. The first-order valence-electron chi connectivity index (χ1n) is 11.6. The Balaban J connectivity index is 1.47. The number of halogens is 2. The highest BCUT2D eigenvalue weighted by Crippen LogP contribution is 2.22. The lowest BCUT2D eigenvalue weighted by molar-refractivity contribution is 0.0830. The maximum absolute atomic E-state index is 13.8. The number of carbonyl (C=O) groups is 1. The molecule has 0 fully saturated rings. The Morgan fingerprint density at radius 1 is 0.971 bits per heavy atom. The van der Waals surface area contributed by atoms with Crippen LogP contribution >= 0.6 is 11.3 Å². The van der Waals surface area contributed by atoms with Crippen LogP contribution in [0.15, 0.2) is 72.1 Å². The lowest BCUT2D eigenvalue weighted by Gasteiger charge is -2.25. The Morgan fingerprint density at radius 2 is 1.74 bits per heavy atom. The first-order valence-corrected chi connectivity index (χ1v) is 12.5. The van der Waals surface area contributed by atoms with Gasteiger partial charge in [-0.2, -0.15) is 0 Å². The van der Waals surface area contributed by atoms with Crippen LogP contribution in [0.25, 0.3) is 10.1 Å². The normalized spacial score (nSPS) is 13.0. The van der Waals surface area contributed by atoms with Gasteiger partial charge in [0.15, 0.2) is 0 Å². The molecule has 182 valence electrons. The molecule has 1 amide bonds. The number of amides is 1. The van der Waals surface area contributed by atoms with E-state index in [2.05, 4.69) is 29.7 Å². The molecule has 0 bridgehead atoms. The molecule has 0 aliphatic carbocycles. The fourth-order valence-corrected chi connectivity index (χ4v) is 4.86. The molecule has 4 rings (SSSR count). The Kier molecular flexibility index (Phi) is 8.23. The summed E-state index contributed by atoms with van der Waals surface area (Å²) in [6, 6.07) is 18.0. The van der Waals surface area contributed by atoms with Gasteiger partial charge >= 0.3 is 0 Å². The number of carbonyl (C=O) groups excluding carboxylic acids is 1. The molecule has 0 spiro atoms. The average Bonchev–Trinajstić information content (AvgIpc) is 3.31. The molecule has 0 aliphatic heterocycles. The molecule has 3 aromatic carbocycles. The molecule has 4 aromatic rings. The third-order valence-corrected chi connectivity index (χ3v) is 6.85. The van der Waals surface area contributed by atoms with E-state index in [0.29, 0.717) is 17.7 Å². The summed E-state index contributed by atoms with van der Waals surface area (Å²) >= 11 is 1.59. The zero-order valence-electron chi connectivity index (χ0n) is 19.4. The second-order valence-corrected chi connectivity index (χ2v) is 9.55. The summed E-state index contributed by atoms with van der Waals surface area (Å²) in [5.74, 6) is -1.75. The van der Waals surface area contributed by atoms with Gasteiger partial charge in [-0.1, -0.05) is 31.2 Å². The van der Waals surface area contributed by atoms with Gasteiger partial charge in [-0.15, -0.1) is 11.3 Å². The molecule has 0 unspecified atom stereocenters. The van der Waals surface area contributed by atoms with E-state index in [1.165, 1.54) is 17.7 Å². The van der Waals surface area contributed by atoms with Crippen LogP contribution in [0.5, 0.6) is 0 Å². The van der Waals surface area contributed by atoms with E-state index in [9.17, 15) is 18.7 Å². The first kappa shape index (κ1) is 25.0. The number of aliphatic hydroxyl groups excluding tert-OH is 1. The fourth-order valence-electron chi connectivity index (χ4n) is 4.09. The van der Waals surface area contributed by atoms with Crippen LogP contribution in [0.2, 0.25) is 0 Å². The first-order chi connectivity index (χ1) is 16.9. The highest BCUT2D eigenvalue weighted by molar-refractivity contribution is 7.17. The monoisotopic (exact) mass is 494 g/mol. The largest absolute Gasteiger partial charge is 0.390 e. The number of aryl methyl sites for hydroxylation is 1. The van der Waals surface area contributed by atoms with Crippen LogP contribution in [-0.4, -0.2) is 29.7 Å². The van der Waals surface area contributed by atoms with Crippen molar-refractivity contribution in [1.82, 2.24) is 10.6 Å². The van der Waals surface area contributed by atoms with Crippen LogP contribution in [-0.2, 0) is 19.4 Å². The number of hydrogen-bond acceptors (Lipinski definition) is 4. The van der Waals surface area contributed by atoms with Crippen molar-refractivity contribution < 1.29 is 18.7 Å². The van der Waals surface area contributed by atoms with Crippen molar-refractivity contribution in [2.75, 3.05) is 6.54 Å². The highest BCUT2D eigenvalue weighted by atomic mass is 32.1. The molecule has 0 saturated carbocycles. The summed E-state index contributed by atoms with van der Waals surface area (Å²) in [7, 11) is 0. The predicted octanol–water partition coefficient (Wildman–Crippen LogP) is 5.23. The Bertz CT molecular complexity index is 1290. The molecular weight excluding hydrogens is 466 g/mol. The van der Waals surface area contributed by atoms with E-state index >= 15 is 0 Å². The number of benzene rings is 3. The summed E-state index contributed by atoms with van der Waals surface area (Å²) in [6.07, 6.45) is 0.0332. The van der Waals surface area contributed by atoms with Gasteiger partial charge in [-0.05, 0) is 76.7 Å². The van der Waals surface area contributed by atoms with Crippen molar-refractivity contribution in [2.45, 2.75) is 38.5 Å². The highest BCUT2D eigenvalue weighted by Gasteiger charge is 2.23. The van der Waals surface area contributed by atoms with Gasteiger partial charge in [-0.25, -0.2) is 8.78 Å². The molecule has 3 N–H and O–H groups in total. The number of fused-ring (bicyclic) bond motifs is 1. The second kappa shape index (κ2) is 11.5. The van der Waals surface area contributed by atoms with Crippen LogP contribution in [0.1, 0.15) is 34.0 Å². The van der Waals surface area contributed by atoms with E-state index in [1.807, 2.05) is 29.6 Å². The lowest BCUT2D eigenvalue weighted by Crippen LogP contribution is -2.48. The summed E-state index contributed by atoms with van der Waals surface area (Å²) in [6.45, 7) is 2.84. The number of rotatable bonds is 10. The van der Waals surface area contributed by atoms with E-state index in [0.717, 1.165) is 28.1 Å². The SMILES string of the molecule is CCc1cccc(CNC[C@@H](O)[C@H](Cc2cc(F)cc(F)c2)NC(=O)c2ccc3sccc3c2)c1. The van der Waals surface area contributed by atoms with Crippen molar-refractivity contribution in [1.29, 1.82) is 0 Å². The molecule has 0 saturated heterocycles. The number of hydrogen-bond donors (Lipinski definition) is 3. The molecule has 4 nitrogen and oxygen atoms in total. The Morgan fingerprint density at radius 3 is 2.51 bits per heavy atom. The van der Waals surface area contributed by atoms with Crippen molar-refractivity contribution in [2.24, 2.45) is 0 Å². The molecule has 0 radical (unpaired) electrons. The third kappa shape index (κ3) is 6.72. The van der Waals surface area contributed by atoms with Crippen molar-refractivity contribution in [3.05, 3.63) is 106 Å². The molecule has 1 heterocycles. The van der Waals surface area contributed by atoms with E-state index in [4.69, 9.17) is 0 Å². The molecule has 1 aromatic heterocycles. The summed E-state index contributed by atoms with van der Waals surface area (Å²) in [4.78, 5) is 13.0. The van der Waals surface area contributed by atoms with Crippen molar-refractivity contribution >= 4 is 27.3 Å². The zero-order chi connectivity index (χ0) is 24.8. The van der Waals surface area contributed by atoms with Crippen molar-refractivity contribution in [3.8, 4) is 0 Å². The van der Waals surface area contributed by atoms with Crippen LogP contribution in [0.4, 0.5) is 8.78 Å². The van der Waals surface area contributed by atoms with Gasteiger partial charge in [0.1, 0.15) is 11.6 Å². The second-order valence-electron chi connectivity index (χ2n) is 8.61. The van der Waals surface area contributed by atoms with Gasteiger partial charge in [0.2, 0.25) is 0 Å². The maximum atomic E-state index is 13.8. The third-order valence-electron chi connectivity index (χ3n) is 5.96. The van der Waals surface area contributed by atoms with Crippen molar-refractivity contribution in [3.63, 3.8) is 0 Å². The van der Waals surface area contributed by atoms with Gasteiger partial charge in [0.25, 0.3) is 5.91 Å². The summed E-state index contributed by atoms with van der Waals surface area (Å²) in [5.41, 5.74) is 3.14. The molecule has 0 aliphatic rings. The molecule has 7 heteroatoms. The van der Waals surface area contributed by atoms with Gasteiger partial charge < -0.3 is 15.7 Å². The van der Waals surface area contributed by atoms with Gasteiger partial charge in [0.05, 0.1) is 12.1 Å². The lowest BCUT2D eigenvalue weighted by atomic mass is 10.00. The minimum Gasteiger partial charge on any atom is -0.390 e.